The van der Waals surface area contributed by atoms with Crippen molar-refractivity contribution in [2.75, 3.05) is 0 Å². The molecule has 2 aliphatic rings. The third-order valence-electron chi connectivity index (χ3n) is 4.27. The maximum atomic E-state index is 6.47. The van der Waals surface area contributed by atoms with E-state index < -0.39 is 0 Å². The van der Waals surface area contributed by atoms with Gasteiger partial charge in [0.2, 0.25) is 0 Å². The van der Waals surface area contributed by atoms with Crippen molar-refractivity contribution >= 4 is 38.7 Å². The van der Waals surface area contributed by atoms with Crippen molar-refractivity contribution in [2.24, 2.45) is 0 Å². The Hall–Kier alpha value is -1.78. The molecule has 5 rings (SSSR count). The Morgan fingerprint density at radius 2 is 2.05 bits per heavy atom. The Morgan fingerprint density at radius 3 is 2.90 bits per heavy atom. The monoisotopic (exact) mass is 311 g/mol. The Labute approximate surface area is 130 Å². The fraction of sp³-hybridized carbons (Fsp3) is 0.188. The number of hydrogen-bond acceptors (Lipinski definition) is 4. The van der Waals surface area contributed by atoms with Crippen molar-refractivity contribution in [3.8, 4) is 11.4 Å². The maximum Gasteiger partial charge on any atom is 0.162 e. The normalized spacial score (nSPS) is 19.1. The average molecular weight is 312 g/mol. The number of thiophene rings is 1. The Morgan fingerprint density at radius 1 is 1.19 bits per heavy atom. The molecule has 0 aliphatic heterocycles. The Kier molecular flexibility index (Phi) is 2.32. The predicted octanol–water partition coefficient (Wildman–Crippen LogP) is 4.68. The van der Waals surface area contributed by atoms with Crippen LogP contribution in [-0.4, -0.2) is 15.0 Å². The molecule has 3 aromatic rings. The van der Waals surface area contributed by atoms with E-state index in [0.29, 0.717) is 16.9 Å². The zero-order valence-electron chi connectivity index (χ0n) is 11.0. The number of aromatic nitrogens is 3. The molecule has 0 aromatic carbocycles. The van der Waals surface area contributed by atoms with Crippen molar-refractivity contribution in [3.63, 3.8) is 0 Å². The first kappa shape index (κ1) is 11.8. The van der Waals surface area contributed by atoms with Gasteiger partial charge in [0.05, 0.1) is 5.39 Å². The van der Waals surface area contributed by atoms with Gasteiger partial charge in [0.1, 0.15) is 9.98 Å². The van der Waals surface area contributed by atoms with Crippen molar-refractivity contribution < 1.29 is 0 Å². The average Bonchev–Trinajstić information content (AvgIpc) is 3.05. The number of nitrogens with zero attached hydrogens (tertiary/aromatic N) is 3. The Bertz CT molecular complexity index is 914. The summed E-state index contributed by atoms with van der Waals surface area (Å²) >= 11 is 8.24. The first-order chi connectivity index (χ1) is 10.3. The minimum Gasteiger partial charge on any atom is -0.265 e. The molecule has 3 aromatic heterocycles. The van der Waals surface area contributed by atoms with Gasteiger partial charge in [-0.1, -0.05) is 17.7 Å². The molecule has 0 saturated heterocycles. The number of fused-ring (bicyclic) bond motifs is 6. The van der Waals surface area contributed by atoms with Crippen LogP contribution in [0.3, 0.4) is 0 Å². The topological polar surface area (TPSA) is 38.7 Å². The summed E-state index contributed by atoms with van der Waals surface area (Å²) in [4.78, 5) is 15.7. The summed E-state index contributed by atoms with van der Waals surface area (Å²) in [5.41, 5.74) is 3.71. The second-order valence-corrected chi connectivity index (χ2v) is 6.77. The molecule has 0 N–H and O–H groups in total. The lowest BCUT2D eigenvalue weighted by molar-refractivity contribution is 0.797. The van der Waals surface area contributed by atoms with Gasteiger partial charge in [0.15, 0.2) is 5.82 Å². The molecular weight excluding hydrogens is 302 g/mol. The minimum absolute atomic E-state index is 0.565. The van der Waals surface area contributed by atoms with Crippen LogP contribution in [0.15, 0.2) is 30.6 Å². The van der Waals surface area contributed by atoms with Gasteiger partial charge in [-0.25, -0.2) is 9.97 Å². The molecule has 3 heterocycles. The summed E-state index contributed by atoms with van der Waals surface area (Å²) in [5, 5.41) is 1.61. The van der Waals surface area contributed by atoms with Crippen molar-refractivity contribution in [3.05, 3.63) is 46.2 Å². The van der Waals surface area contributed by atoms with Crippen LogP contribution < -0.4 is 0 Å². The molecule has 21 heavy (non-hydrogen) atoms. The quantitative estimate of drug-likeness (QED) is 0.612. The zero-order chi connectivity index (χ0) is 14.0. The van der Waals surface area contributed by atoms with E-state index in [1.165, 1.54) is 28.9 Å². The lowest BCUT2D eigenvalue weighted by Crippen LogP contribution is -2.08. The highest BCUT2D eigenvalue weighted by Gasteiger charge is 2.39. The lowest BCUT2D eigenvalue weighted by atomic mass is 9.80. The molecule has 0 saturated carbocycles. The first-order valence-corrected chi connectivity index (χ1v) is 8.13. The molecule has 0 spiro atoms. The molecule has 1 unspecified atom stereocenters. The molecule has 3 nitrogen and oxygen atoms in total. The smallest absolute Gasteiger partial charge is 0.162 e. The Balaban J connectivity index is 1.77. The summed E-state index contributed by atoms with van der Waals surface area (Å²) in [6, 6.07) is 3.81. The van der Waals surface area contributed by atoms with Crippen molar-refractivity contribution in [1.82, 2.24) is 15.0 Å². The van der Waals surface area contributed by atoms with Gasteiger partial charge in [-0.15, -0.1) is 11.3 Å². The summed E-state index contributed by atoms with van der Waals surface area (Å²) in [5.74, 6) is 1.30. The van der Waals surface area contributed by atoms with E-state index in [0.717, 1.165) is 15.8 Å². The fourth-order valence-electron chi connectivity index (χ4n) is 3.31. The second-order valence-electron chi connectivity index (χ2n) is 5.38. The van der Waals surface area contributed by atoms with Crippen LogP contribution >= 0.6 is 22.9 Å². The predicted molar refractivity (Wildman–Crippen MR) is 85.6 cm³/mol. The molecule has 1 atom stereocenters. The molecule has 102 valence electrons. The van der Waals surface area contributed by atoms with Crippen LogP contribution in [0, 0.1) is 0 Å². The van der Waals surface area contributed by atoms with E-state index in [1.54, 1.807) is 23.7 Å². The SMILES string of the molecule is Clc1nc(-c2ccncc2)nc2sc3c(c12)C1=CCCC13. The van der Waals surface area contributed by atoms with E-state index in [9.17, 15) is 0 Å². The third kappa shape index (κ3) is 1.52. The highest BCUT2D eigenvalue weighted by molar-refractivity contribution is 7.19. The van der Waals surface area contributed by atoms with Gasteiger partial charge >= 0.3 is 0 Å². The fourth-order valence-corrected chi connectivity index (χ4v) is 4.98. The third-order valence-corrected chi connectivity index (χ3v) is 5.74. The van der Waals surface area contributed by atoms with E-state index in [4.69, 9.17) is 16.6 Å². The summed E-state index contributed by atoms with van der Waals surface area (Å²) in [6.07, 6.45) is 8.24. The first-order valence-electron chi connectivity index (χ1n) is 6.93. The summed E-state index contributed by atoms with van der Waals surface area (Å²) in [6.45, 7) is 0. The highest BCUT2D eigenvalue weighted by Crippen LogP contribution is 2.59. The van der Waals surface area contributed by atoms with E-state index >= 15 is 0 Å². The van der Waals surface area contributed by atoms with Crippen LogP contribution in [0.25, 0.3) is 27.2 Å². The molecule has 0 fully saturated rings. The highest BCUT2D eigenvalue weighted by atomic mass is 35.5. The molecule has 0 bridgehead atoms. The number of allylic oxidation sites excluding steroid dienone is 2. The van der Waals surface area contributed by atoms with Gasteiger partial charge < -0.3 is 0 Å². The van der Waals surface area contributed by atoms with Gasteiger partial charge in [0, 0.05) is 34.3 Å². The second kappa shape index (κ2) is 4.12. The molecular formula is C16H10ClN3S. The molecule has 2 aliphatic carbocycles. The van der Waals surface area contributed by atoms with Crippen LogP contribution in [-0.2, 0) is 0 Å². The number of pyridine rings is 1. The van der Waals surface area contributed by atoms with Crippen LogP contribution in [0.5, 0.6) is 0 Å². The van der Waals surface area contributed by atoms with Crippen LogP contribution in [0.1, 0.15) is 29.2 Å². The number of hydrogen-bond donors (Lipinski definition) is 0. The zero-order valence-corrected chi connectivity index (χ0v) is 12.6. The van der Waals surface area contributed by atoms with Crippen molar-refractivity contribution in [1.29, 1.82) is 0 Å². The van der Waals surface area contributed by atoms with Gasteiger partial charge in [-0.3, -0.25) is 4.98 Å². The lowest BCUT2D eigenvalue weighted by Gasteiger charge is -2.25. The summed E-state index contributed by atoms with van der Waals surface area (Å²) < 4.78 is 0. The van der Waals surface area contributed by atoms with E-state index in [-0.39, 0.29) is 0 Å². The maximum absolute atomic E-state index is 6.47. The van der Waals surface area contributed by atoms with Gasteiger partial charge in [-0.05, 0) is 30.5 Å². The van der Waals surface area contributed by atoms with Gasteiger partial charge in [-0.2, -0.15) is 0 Å². The van der Waals surface area contributed by atoms with Crippen LogP contribution in [0.2, 0.25) is 5.15 Å². The largest absolute Gasteiger partial charge is 0.265 e. The van der Waals surface area contributed by atoms with Crippen molar-refractivity contribution in [2.45, 2.75) is 18.8 Å². The minimum atomic E-state index is 0.565. The van der Waals surface area contributed by atoms with Gasteiger partial charge in [0.25, 0.3) is 0 Å². The number of halogens is 1. The molecule has 5 heteroatoms. The van der Waals surface area contributed by atoms with E-state index in [2.05, 4.69) is 16.0 Å². The van der Waals surface area contributed by atoms with Crippen LogP contribution in [0.4, 0.5) is 0 Å². The standard InChI is InChI=1S/C16H10ClN3S/c17-14-12-11-9-2-1-3-10(9)13(11)21-16(12)20-15(19-14)8-4-6-18-7-5-8/h2,4-7,10H,1,3H2. The molecule has 0 radical (unpaired) electrons. The molecule has 0 amide bonds. The summed E-state index contributed by atoms with van der Waals surface area (Å²) in [7, 11) is 0. The number of rotatable bonds is 1. The van der Waals surface area contributed by atoms with E-state index in [1.807, 2.05) is 12.1 Å².